The Morgan fingerprint density at radius 2 is 1.74 bits per heavy atom. The SMILES string of the molecule is CC(CCNc1ccc(Cl)c(Cl)c1)c1ccccc1. The van der Waals surface area contributed by atoms with Gasteiger partial charge in [0.05, 0.1) is 10.0 Å². The normalized spacial score (nSPS) is 12.2. The average Bonchev–Trinajstić information content (AvgIpc) is 2.43. The highest BCUT2D eigenvalue weighted by Gasteiger charge is 2.04. The molecule has 1 nitrogen and oxygen atoms in total. The van der Waals surface area contributed by atoms with Crippen molar-refractivity contribution < 1.29 is 0 Å². The summed E-state index contributed by atoms with van der Waals surface area (Å²) >= 11 is 11.9. The van der Waals surface area contributed by atoms with Crippen LogP contribution in [-0.4, -0.2) is 6.54 Å². The lowest BCUT2D eigenvalue weighted by molar-refractivity contribution is 0.706. The quantitative estimate of drug-likeness (QED) is 0.757. The Morgan fingerprint density at radius 3 is 2.42 bits per heavy atom. The highest BCUT2D eigenvalue weighted by atomic mass is 35.5. The van der Waals surface area contributed by atoms with Crippen LogP contribution < -0.4 is 5.32 Å². The van der Waals surface area contributed by atoms with Crippen molar-refractivity contribution in [3.63, 3.8) is 0 Å². The van der Waals surface area contributed by atoms with Crippen LogP contribution in [-0.2, 0) is 0 Å². The minimum Gasteiger partial charge on any atom is -0.385 e. The molecule has 0 aromatic heterocycles. The molecule has 0 heterocycles. The van der Waals surface area contributed by atoms with Crippen molar-refractivity contribution in [1.29, 1.82) is 0 Å². The van der Waals surface area contributed by atoms with E-state index in [0.29, 0.717) is 16.0 Å². The molecule has 0 radical (unpaired) electrons. The van der Waals surface area contributed by atoms with E-state index in [-0.39, 0.29) is 0 Å². The molecule has 1 N–H and O–H groups in total. The smallest absolute Gasteiger partial charge is 0.0612 e. The molecule has 0 bridgehead atoms. The van der Waals surface area contributed by atoms with E-state index in [2.05, 4.69) is 36.5 Å². The molecule has 19 heavy (non-hydrogen) atoms. The van der Waals surface area contributed by atoms with Gasteiger partial charge in [0.25, 0.3) is 0 Å². The monoisotopic (exact) mass is 293 g/mol. The van der Waals surface area contributed by atoms with Gasteiger partial charge in [-0.2, -0.15) is 0 Å². The van der Waals surface area contributed by atoms with Crippen LogP contribution in [0.2, 0.25) is 10.0 Å². The number of rotatable bonds is 5. The van der Waals surface area contributed by atoms with Crippen LogP contribution in [0.5, 0.6) is 0 Å². The highest BCUT2D eigenvalue weighted by molar-refractivity contribution is 6.42. The first-order chi connectivity index (χ1) is 9.16. The third kappa shape index (κ3) is 4.15. The zero-order valence-corrected chi connectivity index (χ0v) is 12.4. The van der Waals surface area contributed by atoms with Crippen molar-refractivity contribution >= 4 is 28.9 Å². The summed E-state index contributed by atoms with van der Waals surface area (Å²) in [5.41, 5.74) is 2.38. The predicted molar refractivity (Wildman–Crippen MR) is 84.4 cm³/mol. The van der Waals surface area contributed by atoms with Crippen molar-refractivity contribution in [2.75, 3.05) is 11.9 Å². The fraction of sp³-hybridized carbons (Fsp3) is 0.250. The molecule has 0 amide bonds. The number of hydrogen-bond donors (Lipinski definition) is 1. The molecule has 2 aromatic rings. The van der Waals surface area contributed by atoms with E-state index < -0.39 is 0 Å². The lowest BCUT2D eigenvalue weighted by Crippen LogP contribution is -2.05. The molecule has 0 spiro atoms. The summed E-state index contributed by atoms with van der Waals surface area (Å²) in [5, 5.41) is 4.54. The molecule has 0 aliphatic carbocycles. The first-order valence-corrected chi connectivity index (χ1v) is 7.16. The summed E-state index contributed by atoms with van der Waals surface area (Å²) in [6.45, 7) is 3.15. The Balaban J connectivity index is 1.85. The number of halogens is 2. The van der Waals surface area contributed by atoms with Gasteiger partial charge in [0, 0.05) is 12.2 Å². The maximum absolute atomic E-state index is 5.98. The zero-order valence-electron chi connectivity index (χ0n) is 10.9. The van der Waals surface area contributed by atoms with E-state index in [1.165, 1.54) is 5.56 Å². The molecule has 1 atom stereocenters. The maximum Gasteiger partial charge on any atom is 0.0612 e. The fourth-order valence-corrected chi connectivity index (χ4v) is 2.29. The van der Waals surface area contributed by atoms with Crippen LogP contribution in [0.4, 0.5) is 5.69 Å². The van der Waals surface area contributed by atoms with E-state index in [1.807, 2.05) is 24.3 Å². The van der Waals surface area contributed by atoms with Gasteiger partial charge < -0.3 is 5.32 Å². The lowest BCUT2D eigenvalue weighted by Gasteiger charge is -2.13. The van der Waals surface area contributed by atoms with Crippen LogP contribution in [0.15, 0.2) is 48.5 Å². The van der Waals surface area contributed by atoms with Crippen LogP contribution in [0.3, 0.4) is 0 Å². The first kappa shape index (κ1) is 14.2. The van der Waals surface area contributed by atoms with E-state index in [0.717, 1.165) is 18.7 Å². The molecular formula is C16H17Cl2N. The largest absolute Gasteiger partial charge is 0.385 e. The molecule has 0 aliphatic rings. The van der Waals surface area contributed by atoms with Crippen LogP contribution in [0.25, 0.3) is 0 Å². The van der Waals surface area contributed by atoms with Crippen LogP contribution >= 0.6 is 23.2 Å². The summed E-state index contributed by atoms with van der Waals surface area (Å²) < 4.78 is 0. The molecule has 3 heteroatoms. The first-order valence-electron chi connectivity index (χ1n) is 6.40. The Morgan fingerprint density at radius 1 is 1.00 bits per heavy atom. The van der Waals surface area contributed by atoms with Crippen LogP contribution in [0, 0.1) is 0 Å². The fourth-order valence-electron chi connectivity index (χ4n) is 1.99. The molecule has 1 unspecified atom stereocenters. The minimum atomic E-state index is 0.538. The van der Waals surface area contributed by atoms with E-state index in [1.54, 1.807) is 0 Å². The van der Waals surface area contributed by atoms with Gasteiger partial charge in [-0.05, 0) is 36.1 Å². The molecule has 2 aromatic carbocycles. The van der Waals surface area contributed by atoms with Gasteiger partial charge in [-0.25, -0.2) is 0 Å². The molecule has 0 fully saturated rings. The zero-order chi connectivity index (χ0) is 13.7. The molecule has 0 saturated carbocycles. The van der Waals surface area contributed by atoms with Gasteiger partial charge in [0.15, 0.2) is 0 Å². The minimum absolute atomic E-state index is 0.538. The molecule has 0 aliphatic heterocycles. The third-order valence-electron chi connectivity index (χ3n) is 3.19. The van der Waals surface area contributed by atoms with Gasteiger partial charge in [0.1, 0.15) is 0 Å². The highest BCUT2D eigenvalue weighted by Crippen LogP contribution is 2.25. The van der Waals surface area contributed by atoms with Crippen molar-refractivity contribution in [3.8, 4) is 0 Å². The average molecular weight is 294 g/mol. The summed E-state index contributed by atoms with van der Waals surface area (Å²) in [7, 11) is 0. The number of hydrogen-bond acceptors (Lipinski definition) is 1. The van der Waals surface area contributed by atoms with E-state index in [9.17, 15) is 0 Å². The van der Waals surface area contributed by atoms with E-state index >= 15 is 0 Å². The second kappa shape index (κ2) is 6.83. The number of nitrogens with one attached hydrogen (secondary N) is 1. The summed E-state index contributed by atoms with van der Waals surface area (Å²) in [6, 6.07) is 16.2. The number of benzene rings is 2. The van der Waals surface area contributed by atoms with Gasteiger partial charge in [0.2, 0.25) is 0 Å². The summed E-state index contributed by atoms with van der Waals surface area (Å²) in [4.78, 5) is 0. The maximum atomic E-state index is 5.98. The Labute approximate surface area is 124 Å². The lowest BCUT2D eigenvalue weighted by atomic mass is 9.98. The summed E-state index contributed by atoms with van der Waals surface area (Å²) in [6.07, 6.45) is 1.07. The van der Waals surface area contributed by atoms with Crippen molar-refractivity contribution in [2.45, 2.75) is 19.3 Å². The molecular weight excluding hydrogens is 277 g/mol. The third-order valence-corrected chi connectivity index (χ3v) is 3.93. The standard InChI is InChI=1S/C16H17Cl2N/c1-12(13-5-3-2-4-6-13)9-10-19-14-7-8-15(17)16(18)11-14/h2-8,11-12,19H,9-10H2,1H3. The summed E-state index contributed by atoms with van der Waals surface area (Å²) in [5.74, 6) is 0.538. The molecule has 2 rings (SSSR count). The topological polar surface area (TPSA) is 12.0 Å². The van der Waals surface area contributed by atoms with Gasteiger partial charge in [-0.15, -0.1) is 0 Å². The van der Waals surface area contributed by atoms with Crippen molar-refractivity contribution in [1.82, 2.24) is 0 Å². The van der Waals surface area contributed by atoms with Crippen molar-refractivity contribution in [2.24, 2.45) is 0 Å². The van der Waals surface area contributed by atoms with E-state index in [4.69, 9.17) is 23.2 Å². The van der Waals surface area contributed by atoms with Gasteiger partial charge in [-0.3, -0.25) is 0 Å². The van der Waals surface area contributed by atoms with Crippen LogP contribution in [0.1, 0.15) is 24.8 Å². The van der Waals surface area contributed by atoms with Crippen molar-refractivity contribution in [3.05, 3.63) is 64.1 Å². The Bertz CT molecular complexity index is 526. The number of anilines is 1. The Hall–Kier alpha value is -1.18. The second-order valence-corrected chi connectivity index (χ2v) is 5.47. The van der Waals surface area contributed by atoms with Gasteiger partial charge >= 0.3 is 0 Å². The molecule has 0 saturated heterocycles. The second-order valence-electron chi connectivity index (χ2n) is 4.66. The predicted octanol–water partition coefficient (Wildman–Crippen LogP) is 5.60. The Kier molecular flexibility index (Phi) is 5.12. The molecule has 100 valence electrons. The van der Waals surface area contributed by atoms with Gasteiger partial charge in [-0.1, -0.05) is 60.5 Å².